The summed E-state index contributed by atoms with van der Waals surface area (Å²) in [6, 6.07) is 11.2. The molecule has 0 aliphatic carbocycles. The molecular formula is C25H25F2N3O. The minimum Gasteiger partial charge on any atom is -0.330 e. The summed E-state index contributed by atoms with van der Waals surface area (Å²) < 4.78 is 29.7. The second-order valence-electron chi connectivity index (χ2n) is 8.43. The molecule has 2 aromatic carbocycles. The number of likely N-dealkylation sites (tertiary alicyclic amines) is 1. The van der Waals surface area contributed by atoms with Crippen LogP contribution in [0.1, 0.15) is 43.5 Å². The van der Waals surface area contributed by atoms with Crippen molar-refractivity contribution in [1.82, 2.24) is 14.5 Å². The molecule has 31 heavy (non-hydrogen) atoms. The van der Waals surface area contributed by atoms with E-state index in [-0.39, 0.29) is 17.5 Å². The lowest BCUT2D eigenvalue weighted by molar-refractivity contribution is -0.134. The van der Waals surface area contributed by atoms with E-state index in [9.17, 15) is 13.6 Å². The molecule has 0 atom stereocenters. The van der Waals surface area contributed by atoms with Crippen LogP contribution in [0.15, 0.2) is 60.6 Å². The number of halogens is 2. The van der Waals surface area contributed by atoms with Crippen LogP contribution in [0.25, 0.3) is 11.8 Å². The van der Waals surface area contributed by atoms with Crippen molar-refractivity contribution in [2.75, 3.05) is 6.54 Å². The first-order chi connectivity index (χ1) is 14.8. The van der Waals surface area contributed by atoms with Crippen molar-refractivity contribution >= 4 is 12.0 Å². The zero-order valence-electron chi connectivity index (χ0n) is 17.9. The fourth-order valence-electron chi connectivity index (χ4n) is 4.07. The molecule has 6 heteroatoms. The lowest BCUT2D eigenvalue weighted by Crippen LogP contribution is -2.48. The summed E-state index contributed by atoms with van der Waals surface area (Å²) in [5.74, 6) is -0.754. The number of carbonyl (C=O) groups excluding carboxylic acids is 1. The molecule has 3 aromatic rings. The van der Waals surface area contributed by atoms with E-state index in [2.05, 4.69) is 4.98 Å². The summed E-state index contributed by atoms with van der Waals surface area (Å²) >= 11 is 0. The number of nitrogens with zero attached hydrogens (tertiary/aromatic N) is 3. The van der Waals surface area contributed by atoms with Gasteiger partial charge in [-0.2, -0.15) is 0 Å². The first kappa shape index (κ1) is 21.0. The van der Waals surface area contributed by atoms with Crippen LogP contribution in [0.5, 0.6) is 0 Å². The number of benzene rings is 2. The Morgan fingerprint density at radius 1 is 1.10 bits per heavy atom. The number of piperidine rings is 1. The van der Waals surface area contributed by atoms with Crippen molar-refractivity contribution in [3.05, 3.63) is 89.0 Å². The fourth-order valence-corrected chi connectivity index (χ4v) is 4.07. The van der Waals surface area contributed by atoms with Gasteiger partial charge in [-0.05, 0) is 75.1 Å². The predicted molar refractivity (Wildman–Crippen MR) is 117 cm³/mol. The van der Waals surface area contributed by atoms with Crippen molar-refractivity contribution < 1.29 is 13.6 Å². The van der Waals surface area contributed by atoms with Crippen LogP contribution in [0.3, 0.4) is 0 Å². The van der Waals surface area contributed by atoms with E-state index in [1.807, 2.05) is 25.7 Å². The molecule has 4 rings (SSSR count). The van der Waals surface area contributed by atoms with Gasteiger partial charge in [-0.25, -0.2) is 13.8 Å². The molecular weight excluding hydrogens is 396 g/mol. The van der Waals surface area contributed by atoms with Gasteiger partial charge in [0.1, 0.15) is 11.6 Å². The smallest absolute Gasteiger partial charge is 0.250 e. The molecule has 1 aliphatic rings. The van der Waals surface area contributed by atoms with E-state index >= 15 is 0 Å². The molecule has 1 aliphatic heterocycles. The summed E-state index contributed by atoms with van der Waals surface area (Å²) in [5, 5.41) is 0. The predicted octanol–water partition coefficient (Wildman–Crippen LogP) is 5.40. The molecule has 1 aromatic heterocycles. The van der Waals surface area contributed by atoms with E-state index in [0.717, 1.165) is 17.7 Å². The molecule has 0 saturated carbocycles. The molecule has 4 nitrogen and oxygen atoms in total. The maximum Gasteiger partial charge on any atom is 0.250 e. The number of imidazole rings is 1. The van der Waals surface area contributed by atoms with Crippen molar-refractivity contribution in [3.8, 4) is 5.69 Å². The van der Waals surface area contributed by atoms with Gasteiger partial charge in [0, 0.05) is 18.3 Å². The Kier molecular flexibility index (Phi) is 5.48. The van der Waals surface area contributed by atoms with Crippen LogP contribution in [0.2, 0.25) is 0 Å². The Bertz CT molecular complexity index is 1150. The number of hydrogen-bond acceptors (Lipinski definition) is 2. The fraction of sp³-hybridized carbons (Fsp3) is 0.280. The third kappa shape index (κ3) is 4.15. The molecule has 1 amide bonds. The highest BCUT2D eigenvalue weighted by Crippen LogP contribution is 2.33. The third-order valence-electron chi connectivity index (χ3n) is 5.88. The monoisotopic (exact) mass is 421 g/mol. The van der Waals surface area contributed by atoms with Gasteiger partial charge in [0.15, 0.2) is 0 Å². The summed E-state index contributed by atoms with van der Waals surface area (Å²) in [6.07, 6.45) is 6.56. The highest BCUT2D eigenvalue weighted by atomic mass is 19.1. The van der Waals surface area contributed by atoms with Crippen LogP contribution < -0.4 is 0 Å². The van der Waals surface area contributed by atoms with E-state index in [4.69, 9.17) is 0 Å². The van der Waals surface area contributed by atoms with Crippen molar-refractivity contribution in [2.45, 2.75) is 39.2 Å². The van der Waals surface area contributed by atoms with Gasteiger partial charge in [0.2, 0.25) is 0 Å². The topological polar surface area (TPSA) is 38.1 Å². The minimum atomic E-state index is -0.585. The van der Waals surface area contributed by atoms with Gasteiger partial charge in [-0.15, -0.1) is 0 Å². The zero-order valence-corrected chi connectivity index (χ0v) is 17.9. The summed E-state index contributed by atoms with van der Waals surface area (Å²) in [4.78, 5) is 19.2. The maximum absolute atomic E-state index is 14.7. The van der Waals surface area contributed by atoms with Gasteiger partial charge in [-0.1, -0.05) is 18.2 Å². The molecule has 2 heterocycles. The van der Waals surface area contributed by atoms with Gasteiger partial charge >= 0.3 is 0 Å². The SMILES string of the molecule is Cc1cn(-c2ccc(C=C3CCCN(C(C)(C)c4ccc(F)cc4)C3=O)cc2F)cn1. The number of hydrogen-bond donors (Lipinski definition) is 0. The van der Waals surface area contributed by atoms with E-state index in [1.165, 1.54) is 18.2 Å². The van der Waals surface area contributed by atoms with E-state index < -0.39 is 5.54 Å². The Labute approximate surface area is 180 Å². The number of carbonyl (C=O) groups is 1. The molecule has 0 N–H and O–H groups in total. The number of aryl methyl sites for hydroxylation is 1. The quantitative estimate of drug-likeness (QED) is 0.529. The Morgan fingerprint density at radius 2 is 1.84 bits per heavy atom. The molecule has 1 fully saturated rings. The lowest BCUT2D eigenvalue weighted by atomic mass is 9.88. The van der Waals surface area contributed by atoms with E-state index in [0.29, 0.717) is 29.8 Å². The first-order valence-corrected chi connectivity index (χ1v) is 10.3. The molecule has 0 radical (unpaired) electrons. The van der Waals surface area contributed by atoms with Crippen molar-refractivity contribution in [3.63, 3.8) is 0 Å². The number of rotatable bonds is 4. The van der Waals surface area contributed by atoms with Crippen molar-refractivity contribution in [2.24, 2.45) is 0 Å². The van der Waals surface area contributed by atoms with Crippen LogP contribution in [-0.4, -0.2) is 26.9 Å². The van der Waals surface area contributed by atoms with Crippen LogP contribution in [-0.2, 0) is 10.3 Å². The van der Waals surface area contributed by atoms with Crippen LogP contribution >= 0.6 is 0 Å². The van der Waals surface area contributed by atoms with Crippen LogP contribution in [0.4, 0.5) is 8.78 Å². The lowest BCUT2D eigenvalue weighted by Gasteiger charge is -2.42. The zero-order chi connectivity index (χ0) is 22.2. The van der Waals surface area contributed by atoms with Gasteiger partial charge in [0.05, 0.1) is 23.2 Å². The number of aromatic nitrogens is 2. The molecule has 1 saturated heterocycles. The highest BCUT2D eigenvalue weighted by molar-refractivity contribution is 5.99. The third-order valence-corrected chi connectivity index (χ3v) is 5.88. The molecule has 0 unspecified atom stereocenters. The largest absolute Gasteiger partial charge is 0.330 e. The summed E-state index contributed by atoms with van der Waals surface area (Å²) in [5.41, 5.74) is 2.79. The first-order valence-electron chi connectivity index (χ1n) is 10.3. The second-order valence-corrected chi connectivity index (χ2v) is 8.43. The second kappa shape index (κ2) is 8.10. The molecule has 160 valence electrons. The minimum absolute atomic E-state index is 0.0738. The molecule has 0 spiro atoms. The van der Waals surface area contributed by atoms with Crippen molar-refractivity contribution in [1.29, 1.82) is 0 Å². The molecule has 0 bridgehead atoms. The summed E-state index contributed by atoms with van der Waals surface area (Å²) in [6.45, 7) is 6.39. The van der Waals surface area contributed by atoms with Gasteiger partial charge in [0.25, 0.3) is 5.91 Å². The Hall–Kier alpha value is -3.28. The Morgan fingerprint density at radius 3 is 2.48 bits per heavy atom. The normalized spacial score (nSPS) is 16.2. The average molecular weight is 421 g/mol. The van der Waals surface area contributed by atoms with Gasteiger partial charge in [-0.3, -0.25) is 4.79 Å². The average Bonchev–Trinajstić information content (AvgIpc) is 3.16. The number of amides is 1. The standard InChI is InChI=1S/C25H25F2N3O/c1-17-15-29(16-28-17)23-11-6-18(14-22(23)27)13-19-5-4-12-30(24(19)31)25(2,3)20-7-9-21(26)10-8-20/h6-11,13-16H,4-5,12H2,1-3H3. The van der Waals surface area contributed by atoms with E-state index in [1.54, 1.807) is 47.4 Å². The Balaban J connectivity index is 1.60. The van der Waals surface area contributed by atoms with Crippen LogP contribution in [0, 0.1) is 18.6 Å². The highest BCUT2D eigenvalue weighted by Gasteiger charge is 2.36. The summed E-state index contributed by atoms with van der Waals surface area (Å²) in [7, 11) is 0. The van der Waals surface area contributed by atoms with Gasteiger partial charge < -0.3 is 9.47 Å². The maximum atomic E-state index is 14.7.